The molecule has 1 aromatic carbocycles. The van der Waals surface area contributed by atoms with Crippen LogP contribution in [-0.2, 0) is 0 Å². The lowest BCUT2D eigenvalue weighted by Gasteiger charge is -2.22. The van der Waals surface area contributed by atoms with Crippen LogP contribution in [-0.4, -0.2) is 24.0 Å². The third kappa shape index (κ3) is 1.56. The third-order valence-corrected chi connectivity index (χ3v) is 2.40. The Kier molecular flexibility index (Phi) is 2.37. The number of hydrogen-bond donors (Lipinski definition) is 2. The summed E-state index contributed by atoms with van der Waals surface area (Å²) in [5.74, 6) is 0. The van der Waals surface area contributed by atoms with Gasteiger partial charge in [-0.25, -0.2) is 4.79 Å². The van der Waals surface area contributed by atoms with Gasteiger partial charge in [-0.1, -0.05) is 30.3 Å². The number of hydrogen-bond acceptors (Lipinski definition) is 2. The highest BCUT2D eigenvalue weighted by atomic mass is 16.2. The van der Waals surface area contributed by atoms with E-state index in [2.05, 4.69) is 5.32 Å². The van der Waals surface area contributed by atoms with Gasteiger partial charge in [0.25, 0.3) is 0 Å². The van der Waals surface area contributed by atoms with Crippen LogP contribution in [0.5, 0.6) is 0 Å². The van der Waals surface area contributed by atoms with Gasteiger partial charge >= 0.3 is 6.03 Å². The van der Waals surface area contributed by atoms with E-state index in [1.54, 1.807) is 4.90 Å². The van der Waals surface area contributed by atoms with Crippen LogP contribution in [0.1, 0.15) is 11.7 Å². The van der Waals surface area contributed by atoms with Crippen molar-refractivity contribution in [2.24, 2.45) is 5.73 Å². The number of nitrogens with two attached hydrogens (primary N) is 1. The summed E-state index contributed by atoms with van der Waals surface area (Å²) < 4.78 is 0. The summed E-state index contributed by atoms with van der Waals surface area (Å²) >= 11 is 0. The Morgan fingerprint density at radius 1 is 1.43 bits per heavy atom. The predicted octanol–water partition coefficient (Wildman–Crippen LogP) is 0.669. The molecule has 0 aliphatic carbocycles. The molecule has 0 radical (unpaired) electrons. The monoisotopic (exact) mass is 191 g/mol. The molecule has 0 saturated carbocycles. The average Bonchev–Trinajstić information content (AvgIpc) is 2.67. The number of urea groups is 1. The minimum atomic E-state index is -0.371. The Balaban J connectivity index is 2.22. The maximum Gasteiger partial charge on any atom is 0.316 e. The Hall–Kier alpha value is -1.55. The zero-order valence-electron chi connectivity index (χ0n) is 7.81. The number of primary amides is 1. The number of benzene rings is 1. The highest BCUT2D eigenvalue weighted by Gasteiger charge is 2.27. The first kappa shape index (κ1) is 9.02. The van der Waals surface area contributed by atoms with Crippen molar-refractivity contribution in [3.63, 3.8) is 0 Å². The third-order valence-electron chi connectivity index (χ3n) is 2.40. The van der Waals surface area contributed by atoms with Crippen LogP contribution in [0.25, 0.3) is 0 Å². The van der Waals surface area contributed by atoms with Gasteiger partial charge in [0.2, 0.25) is 0 Å². The number of carbonyl (C=O) groups is 1. The van der Waals surface area contributed by atoms with E-state index in [1.807, 2.05) is 30.3 Å². The zero-order chi connectivity index (χ0) is 9.97. The smallest absolute Gasteiger partial charge is 0.316 e. The zero-order valence-corrected chi connectivity index (χ0v) is 7.81. The number of amides is 2. The first-order valence-electron chi connectivity index (χ1n) is 4.63. The van der Waals surface area contributed by atoms with Gasteiger partial charge in [0, 0.05) is 13.1 Å². The van der Waals surface area contributed by atoms with E-state index in [4.69, 9.17) is 5.73 Å². The number of rotatable bonds is 1. The van der Waals surface area contributed by atoms with Crippen molar-refractivity contribution in [1.29, 1.82) is 0 Å². The molecule has 1 fully saturated rings. The number of nitrogens with one attached hydrogen (secondary N) is 1. The van der Waals surface area contributed by atoms with Crippen LogP contribution in [0.15, 0.2) is 30.3 Å². The van der Waals surface area contributed by atoms with E-state index in [1.165, 1.54) is 0 Å². The van der Waals surface area contributed by atoms with Gasteiger partial charge in [-0.2, -0.15) is 0 Å². The fourth-order valence-corrected chi connectivity index (χ4v) is 1.73. The molecular formula is C10H13N3O. The summed E-state index contributed by atoms with van der Waals surface area (Å²) in [6, 6.07) is 9.46. The molecule has 0 aromatic heterocycles. The molecule has 0 spiro atoms. The topological polar surface area (TPSA) is 58.4 Å². The highest BCUT2D eigenvalue weighted by Crippen LogP contribution is 2.20. The van der Waals surface area contributed by atoms with Crippen molar-refractivity contribution in [3.8, 4) is 0 Å². The van der Waals surface area contributed by atoms with Crippen LogP contribution < -0.4 is 11.1 Å². The van der Waals surface area contributed by atoms with Gasteiger partial charge in [-0.3, -0.25) is 5.32 Å². The van der Waals surface area contributed by atoms with Crippen molar-refractivity contribution >= 4 is 6.03 Å². The molecule has 74 valence electrons. The lowest BCUT2D eigenvalue weighted by atomic mass is 10.2. The number of carbonyl (C=O) groups excluding carboxylic acids is 1. The van der Waals surface area contributed by atoms with Crippen molar-refractivity contribution in [3.05, 3.63) is 35.9 Å². The molecule has 14 heavy (non-hydrogen) atoms. The van der Waals surface area contributed by atoms with Crippen LogP contribution in [0.3, 0.4) is 0 Å². The molecule has 1 unspecified atom stereocenters. The van der Waals surface area contributed by atoms with E-state index >= 15 is 0 Å². The van der Waals surface area contributed by atoms with Gasteiger partial charge in [0.15, 0.2) is 0 Å². The lowest BCUT2D eigenvalue weighted by Crippen LogP contribution is -2.37. The molecule has 1 aliphatic rings. The van der Waals surface area contributed by atoms with Crippen molar-refractivity contribution in [1.82, 2.24) is 10.2 Å². The second-order valence-electron chi connectivity index (χ2n) is 3.30. The molecule has 1 heterocycles. The SMILES string of the molecule is NC(=O)N1CCNC1c1ccccc1. The van der Waals surface area contributed by atoms with Gasteiger partial charge in [0.05, 0.1) is 0 Å². The minimum absolute atomic E-state index is 0.0614. The van der Waals surface area contributed by atoms with Gasteiger partial charge in [-0.05, 0) is 5.56 Å². The molecule has 2 amide bonds. The minimum Gasteiger partial charge on any atom is -0.351 e. The van der Waals surface area contributed by atoms with E-state index in [0.717, 1.165) is 12.1 Å². The molecule has 1 aliphatic heterocycles. The van der Waals surface area contributed by atoms with E-state index in [9.17, 15) is 4.79 Å². The Labute approximate surface area is 82.7 Å². The normalized spacial score (nSPS) is 21.1. The van der Waals surface area contributed by atoms with Gasteiger partial charge in [-0.15, -0.1) is 0 Å². The van der Waals surface area contributed by atoms with Crippen LogP contribution in [0, 0.1) is 0 Å². The maximum atomic E-state index is 11.1. The molecule has 1 saturated heterocycles. The second-order valence-corrected chi connectivity index (χ2v) is 3.30. The molecule has 3 N–H and O–H groups in total. The van der Waals surface area contributed by atoms with Gasteiger partial charge < -0.3 is 10.6 Å². The molecule has 4 nitrogen and oxygen atoms in total. The Morgan fingerprint density at radius 2 is 2.14 bits per heavy atom. The fourth-order valence-electron chi connectivity index (χ4n) is 1.73. The first-order valence-corrected chi connectivity index (χ1v) is 4.63. The molecule has 0 bridgehead atoms. The fraction of sp³-hybridized carbons (Fsp3) is 0.300. The molecule has 2 rings (SSSR count). The summed E-state index contributed by atoms with van der Waals surface area (Å²) in [7, 11) is 0. The molecule has 1 aromatic rings. The standard InChI is InChI=1S/C10H13N3O/c11-10(14)13-7-6-12-9(13)8-4-2-1-3-5-8/h1-5,9,12H,6-7H2,(H2,11,14). The van der Waals surface area contributed by atoms with Crippen LogP contribution in [0.4, 0.5) is 4.79 Å². The van der Waals surface area contributed by atoms with Crippen LogP contribution >= 0.6 is 0 Å². The van der Waals surface area contributed by atoms with Crippen molar-refractivity contribution < 1.29 is 4.79 Å². The maximum absolute atomic E-state index is 11.1. The van der Waals surface area contributed by atoms with E-state index < -0.39 is 0 Å². The van der Waals surface area contributed by atoms with Gasteiger partial charge in [0.1, 0.15) is 6.17 Å². The average molecular weight is 191 g/mol. The first-order chi connectivity index (χ1) is 6.79. The summed E-state index contributed by atoms with van der Waals surface area (Å²) in [5.41, 5.74) is 6.35. The van der Waals surface area contributed by atoms with Crippen molar-refractivity contribution in [2.75, 3.05) is 13.1 Å². The lowest BCUT2D eigenvalue weighted by molar-refractivity contribution is 0.200. The Morgan fingerprint density at radius 3 is 2.79 bits per heavy atom. The summed E-state index contributed by atoms with van der Waals surface area (Å²) in [6.45, 7) is 1.47. The van der Waals surface area contributed by atoms with E-state index in [0.29, 0.717) is 6.54 Å². The quantitative estimate of drug-likeness (QED) is 0.685. The molecular weight excluding hydrogens is 178 g/mol. The van der Waals surface area contributed by atoms with E-state index in [-0.39, 0.29) is 12.2 Å². The number of nitrogens with zero attached hydrogens (tertiary/aromatic N) is 1. The second kappa shape index (κ2) is 3.67. The summed E-state index contributed by atoms with van der Waals surface area (Å²) in [6.07, 6.45) is -0.0614. The predicted molar refractivity (Wildman–Crippen MR) is 53.5 cm³/mol. The largest absolute Gasteiger partial charge is 0.351 e. The highest BCUT2D eigenvalue weighted by molar-refractivity contribution is 5.72. The van der Waals surface area contributed by atoms with Crippen LogP contribution in [0.2, 0.25) is 0 Å². The summed E-state index contributed by atoms with van der Waals surface area (Å²) in [4.78, 5) is 12.7. The molecule has 4 heteroatoms. The Bertz CT molecular complexity index is 325. The molecule has 1 atom stereocenters. The summed E-state index contributed by atoms with van der Waals surface area (Å²) in [5, 5.41) is 3.23. The van der Waals surface area contributed by atoms with Crippen molar-refractivity contribution in [2.45, 2.75) is 6.17 Å².